The lowest BCUT2D eigenvalue weighted by Gasteiger charge is -2.37. The van der Waals surface area contributed by atoms with Gasteiger partial charge >= 0.3 is 0 Å². The number of Topliss-reactive ketones (excluding diaryl/α,β-unsaturated/α-hetero) is 1. The Balaban J connectivity index is 1.81. The molecule has 1 fully saturated rings. The first kappa shape index (κ1) is 16.9. The Kier molecular flexibility index (Phi) is 4.65. The number of piperazine rings is 1. The van der Waals surface area contributed by atoms with Crippen LogP contribution in [0.25, 0.3) is 0 Å². The second-order valence-corrected chi connectivity index (χ2v) is 5.91. The number of nitro groups is 1. The molecular formula is C18H18FN3O3. The molecule has 2 aromatic carbocycles. The monoisotopic (exact) mass is 343 g/mol. The maximum absolute atomic E-state index is 14.0. The maximum Gasteiger partial charge on any atom is 0.292 e. The van der Waals surface area contributed by atoms with Gasteiger partial charge in [-0.2, -0.15) is 0 Å². The van der Waals surface area contributed by atoms with Gasteiger partial charge in [0.25, 0.3) is 5.69 Å². The Bertz CT molecular complexity index is 817. The van der Waals surface area contributed by atoms with Crippen LogP contribution in [0.1, 0.15) is 17.3 Å². The van der Waals surface area contributed by atoms with E-state index in [1.165, 1.54) is 19.1 Å². The number of benzene rings is 2. The summed E-state index contributed by atoms with van der Waals surface area (Å²) < 4.78 is 14.0. The lowest BCUT2D eigenvalue weighted by Crippen LogP contribution is -2.47. The molecule has 3 rings (SSSR count). The van der Waals surface area contributed by atoms with Gasteiger partial charge in [-0.15, -0.1) is 0 Å². The zero-order valence-corrected chi connectivity index (χ0v) is 13.8. The molecule has 0 aliphatic carbocycles. The zero-order valence-electron chi connectivity index (χ0n) is 13.8. The van der Waals surface area contributed by atoms with E-state index in [1.807, 2.05) is 9.80 Å². The number of para-hydroxylation sites is 2. The number of hydrogen-bond acceptors (Lipinski definition) is 5. The van der Waals surface area contributed by atoms with Gasteiger partial charge in [-0.25, -0.2) is 4.39 Å². The van der Waals surface area contributed by atoms with E-state index >= 15 is 0 Å². The number of rotatable bonds is 4. The third kappa shape index (κ3) is 3.31. The van der Waals surface area contributed by atoms with E-state index in [0.29, 0.717) is 37.6 Å². The molecule has 0 saturated carbocycles. The number of hydrogen-bond donors (Lipinski definition) is 0. The summed E-state index contributed by atoms with van der Waals surface area (Å²) in [6.45, 7) is 3.56. The first-order valence-corrected chi connectivity index (χ1v) is 8.02. The molecule has 0 unspecified atom stereocenters. The van der Waals surface area contributed by atoms with Crippen molar-refractivity contribution in [3.8, 4) is 0 Å². The highest BCUT2D eigenvalue weighted by Gasteiger charge is 2.25. The highest BCUT2D eigenvalue weighted by molar-refractivity contribution is 6.00. The number of carbonyl (C=O) groups excluding carboxylic acids is 1. The van der Waals surface area contributed by atoms with Crippen LogP contribution in [0, 0.1) is 15.9 Å². The van der Waals surface area contributed by atoms with E-state index in [4.69, 9.17) is 0 Å². The van der Waals surface area contributed by atoms with Crippen molar-refractivity contribution in [3.05, 3.63) is 64.0 Å². The summed E-state index contributed by atoms with van der Waals surface area (Å²) in [6, 6.07) is 11.2. The molecule has 1 heterocycles. The van der Waals surface area contributed by atoms with Crippen molar-refractivity contribution in [1.82, 2.24) is 0 Å². The molecule has 0 amide bonds. The lowest BCUT2D eigenvalue weighted by atomic mass is 10.1. The molecule has 1 aliphatic rings. The fourth-order valence-corrected chi connectivity index (χ4v) is 3.20. The van der Waals surface area contributed by atoms with Gasteiger partial charge in [0.1, 0.15) is 11.5 Å². The van der Waals surface area contributed by atoms with Gasteiger partial charge in [-0.1, -0.05) is 18.2 Å². The van der Waals surface area contributed by atoms with Gasteiger partial charge in [0, 0.05) is 32.2 Å². The van der Waals surface area contributed by atoms with Crippen LogP contribution in [0.15, 0.2) is 42.5 Å². The second-order valence-electron chi connectivity index (χ2n) is 5.91. The number of carbonyl (C=O) groups is 1. The van der Waals surface area contributed by atoms with Crippen LogP contribution in [-0.2, 0) is 0 Å². The van der Waals surface area contributed by atoms with Crippen LogP contribution in [-0.4, -0.2) is 36.9 Å². The first-order valence-electron chi connectivity index (χ1n) is 8.02. The van der Waals surface area contributed by atoms with Gasteiger partial charge in [0.05, 0.1) is 16.2 Å². The van der Waals surface area contributed by atoms with Crippen LogP contribution in [0.3, 0.4) is 0 Å². The first-order chi connectivity index (χ1) is 12.0. The van der Waals surface area contributed by atoms with Crippen LogP contribution in [0.5, 0.6) is 0 Å². The average Bonchev–Trinajstić information content (AvgIpc) is 2.61. The van der Waals surface area contributed by atoms with E-state index < -0.39 is 5.82 Å². The van der Waals surface area contributed by atoms with E-state index in [2.05, 4.69) is 0 Å². The summed E-state index contributed by atoms with van der Waals surface area (Å²) in [6.07, 6.45) is 0. The smallest absolute Gasteiger partial charge is 0.292 e. The molecule has 130 valence electrons. The molecule has 25 heavy (non-hydrogen) atoms. The third-order valence-electron chi connectivity index (χ3n) is 4.38. The summed E-state index contributed by atoms with van der Waals surface area (Å²) in [4.78, 5) is 26.5. The topological polar surface area (TPSA) is 66.7 Å². The Labute approximate surface area is 144 Å². The molecular weight excluding hydrogens is 325 g/mol. The van der Waals surface area contributed by atoms with Crippen molar-refractivity contribution in [2.24, 2.45) is 0 Å². The number of anilines is 2. The van der Waals surface area contributed by atoms with E-state index in [-0.39, 0.29) is 22.0 Å². The largest absolute Gasteiger partial charge is 0.367 e. The molecule has 0 aromatic heterocycles. The van der Waals surface area contributed by atoms with Crippen LogP contribution < -0.4 is 9.80 Å². The molecule has 2 aromatic rings. The quantitative estimate of drug-likeness (QED) is 0.484. The number of halogens is 1. The number of nitrogens with zero attached hydrogens (tertiary/aromatic N) is 3. The van der Waals surface area contributed by atoms with Crippen LogP contribution in [0.4, 0.5) is 21.5 Å². The summed E-state index contributed by atoms with van der Waals surface area (Å²) in [7, 11) is 0. The molecule has 0 N–H and O–H groups in total. The number of nitro benzene ring substituents is 1. The minimum Gasteiger partial charge on any atom is -0.367 e. The predicted molar refractivity (Wildman–Crippen MR) is 93.9 cm³/mol. The zero-order chi connectivity index (χ0) is 18.0. The van der Waals surface area contributed by atoms with Crippen LogP contribution >= 0.6 is 0 Å². The van der Waals surface area contributed by atoms with Crippen molar-refractivity contribution in [1.29, 1.82) is 0 Å². The normalized spacial score (nSPS) is 14.5. The Morgan fingerprint density at radius 1 is 1.00 bits per heavy atom. The third-order valence-corrected chi connectivity index (χ3v) is 4.38. The van der Waals surface area contributed by atoms with E-state index in [0.717, 1.165) is 0 Å². The molecule has 1 saturated heterocycles. The molecule has 0 bridgehead atoms. The molecule has 0 spiro atoms. The van der Waals surface area contributed by atoms with Crippen molar-refractivity contribution in [2.75, 3.05) is 36.0 Å². The number of ketones is 1. The van der Waals surface area contributed by atoms with E-state index in [9.17, 15) is 19.3 Å². The minimum atomic E-state index is -0.522. The highest BCUT2D eigenvalue weighted by atomic mass is 19.1. The Morgan fingerprint density at radius 3 is 2.16 bits per heavy atom. The van der Waals surface area contributed by atoms with Gasteiger partial charge in [-0.3, -0.25) is 14.9 Å². The molecule has 0 radical (unpaired) electrons. The van der Waals surface area contributed by atoms with Crippen molar-refractivity contribution in [2.45, 2.75) is 6.92 Å². The average molecular weight is 343 g/mol. The molecule has 6 nitrogen and oxygen atoms in total. The summed E-state index contributed by atoms with van der Waals surface area (Å²) in [5.41, 5.74) is 1.33. The molecule has 1 aliphatic heterocycles. The van der Waals surface area contributed by atoms with Gasteiger partial charge in [-0.05, 0) is 25.1 Å². The summed E-state index contributed by atoms with van der Waals surface area (Å²) in [5.74, 6) is -0.833. The maximum atomic E-state index is 14.0. The van der Waals surface area contributed by atoms with Crippen molar-refractivity contribution >= 4 is 22.8 Å². The van der Waals surface area contributed by atoms with Gasteiger partial charge < -0.3 is 9.80 Å². The highest BCUT2D eigenvalue weighted by Crippen LogP contribution is 2.30. The minimum absolute atomic E-state index is 0.0751. The van der Waals surface area contributed by atoms with E-state index in [1.54, 1.807) is 30.3 Å². The van der Waals surface area contributed by atoms with Crippen LogP contribution in [0.2, 0.25) is 0 Å². The Morgan fingerprint density at radius 2 is 1.56 bits per heavy atom. The van der Waals surface area contributed by atoms with Gasteiger partial charge in [0.15, 0.2) is 5.78 Å². The lowest BCUT2D eigenvalue weighted by molar-refractivity contribution is -0.384. The second kappa shape index (κ2) is 6.88. The molecule has 0 atom stereocenters. The summed E-state index contributed by atoms with van der Waals surface area (Å²) >= 11 is 0. The fourth-order valence-electron chi connectivity index (χ4n) is 3.20. The standard InChI is InChI=1S/C18H18FN3O3/c1-13(23)18-14(19)5-4-8-17(18)21-11-9-20(10-12-21)15-6-2-3-7-16(15)22(24)25/h2-8H,9-12H2,1H3. The van der Waals surface area contributed by atoms with Crippen molar-refractivity contribution in [3.63, 3.8) is 0 Å². The van der Waals surface area contributed by atoms with Crippen molar-refractivity contribution < 1.29 is 14.1 Å². The fraction of sp³-hybridized carbons (Fsp3) is 0.278. The molecule has 7 heteroatoms. The summed E-state index contributed by atoms with van der Waals surface area (Å²) in [5, 5.41) is 11.2. The van der Waals surface area contributed by atoms with Gasteiger partial charge in [0.2, 0.25) is 0 Å². The SMILES string of the molecule is CC(=O)c1c(F)cccc1N1CCN(c2ccccc2[N+](=O)[O-])CC1. The Hall–Kier alpha value is -2.96. The predicted octanol–water partition coefficient (Wildman–Crippen LogP) is 3.26.